The molecule has 1 aliphatic carbocycles. The highest BCUT2D eigenvalue weighted by Crippen LogP contribution is 2.32. The molecule has 3 heterocycles. The molecular weight excluding hydrogens is 426 g/mol. The Bertz CT molecular complexity index is 1130. The second-order valence-corrected chi connectivity index (χ2v) is 9.52. The van der Waals surface area contributed by atoms with Gasteiger partial charge in [-0.25, -0.2) is 4.98 Å². The van der Waals surface area contributed by atoms with Crippen LogP contribution in [0.25, 0.3) is 10.9 Å². The first-order valence-electron chi connectivity index (χ1n) is 12.8. The van der Waals surface area contributed by atoms with Crippen LogP contribution in [0, 0.1) is 5.92 Å². The molecule has 0 radical (unpaired) electrons. The maximum Gasteiger partial charge on any atom is 0.226 e. The van der Waals surface area contributed by atoms with Crippen molar-refractivity contribution in [3.63, 3.8) is 0 Å². The summed E-state index contributed by atoms with van der Waals surface area (Å²) in [5.41, 5.74) is 5.02. The van der Waals surface area contributed by atoms with Crippen molar-refractivity contribution in [1.29, 1.82) is 0 Å². The highest BCUT2D eigenvalue weighted by molar-refractivity contribution is 5.84. The van der Waals surface area contributed by atoms with Crippen LogP contribution in [-0.2, 0) is 35.5 Å². The Kier molecular flexibility index (Phi) is 6.86. The molecule has 1 aromatic carbocycles. The van der Waals surface area contributed by atoms with Crippen LogP contribution in [-0.4, -0.2) is 42.1 Å². The number of nitrogens with zero attached hydrogens (tertiary/aromatic N) is 3. The van der Waals surface area contributed by atoms with Crippen LogP contribution in [0.3, 0.4) is 0 Å². The molecule has 3 aromatic rings. The highest BCUT2D eigenvalue weighted by Gasteiger charge is 2.26. The number of hydrogen-bond donors (Lipinski definition) is 0. The lowest BCUT2D eigenvalue weighted by Gasteiger charge is -2.32. The van der Waals surface area contributed by atoms with Gasteiger partial charge in [0.25, 0.3) is 0 Å². The number of morpholine rings is 1. The van der Waals surface area contributed by atoms with Crippen LogP contribution in [0.5, 0.6) is 0 Å². The van der Waals surface area contributed by atoms with E-state index in [2.05, 4.69) is 36.9 Å². The number of aromatic nitrogens is 1. The average molecular weight is 462 g/mol. The van der Waals surface area contributed by atoms with Gasteiger partial charge in [-0.15, -0.1) is 0 Å². The summed E-state index contributed by atoms with van der Waals surface area (Å²) in [6.45, 7) is 8.20. The van der Waals surface area contributed by atoms with Gasteiger partial charge in [-0.3, -0.25) is 4.79 Å². The molecule has 1 aliphatic heterocycles. The third-order valence-electron chi connectivity index (χ3n) is 7.33. The normalized spacial score (nSPS) is 15.8. The van der Waals surface area contributed by atoms with E-state index in [0.29, 0.717) is 26.3 Å². The second kappa shape index (κ2) is 10.2. The minimum absolute atomic E-state index is 0.0125. The fraction of sp³-hybridized carbons (Fsp3) is 0.500. The minimum atomic E-state index is 0.0125. The van der Waals surface area contributed by atoms with Gasteiger partial charge in [-0.05, 0) is 73.6 Å². The summed E-state index contributed by atoms with van der Waals surface area (Å²) in [6.07, 6.45) is 6.85. The number of pyridine rings is 1. The van der Waals surface area contributed by atoms with Crippen LogP contribution >= 0.6 is 0 Å². The molecule has 0 saturated carbocycles. The number of anilines is 1. The van der Waals surface area contributed by atoms with E-state index in [1.807, 2.05) is 17.0 Å². The minimum Gasteiger partial charge on any atom is -0.467 e. The predicted octanol–water partition coefficient (Wildman–Crippen LogP) is 5.12. The van der Waals surface area contributed by atoms with Gasteiger partial charge in [0.05, 0.1) is 31.5 Å². The second-order valence-electron chi connectivity index (χ2n) is 9.52. The monoisotopic (exact) mass is 461 g/mol. The first-order valence-corrected chi connectivity index (χ1v) is 12.8. The molecule has 1 fully saturated rings. The Hall–Kier alpha value is -2.86. The number of hydrogen-bond acceptors (Lipinski definition) is 5. The van der Waals surface area contributed by atoms with Gasteiger partial charge in [0.15, 0.2) is 0 Å². The lowest BCUT2D eigenvalue weighted by molar-refractivity contribution is -0.137. The van der Waals surface area contributed by atoms with Crippen molar-refractivity contribution in [3.05, 3.63) is 59.0 Å². The number of fused-ring (bicyclic) bond motifs is 2. The summed E-state index contributed by atoms with van der Waals surface area (Å²) in [7, 11) is 0. The molecule has 1 saturated heterocycles. The fourth-order valence-electron chi connectivity index (χ4n) is 5.35. The van der Waals surface area contributed by atoms with Crippen LogP contribution in [0.1, 0.15) is 55.6 Å². The number of furan rings is 1. The van der Waals surface area contributed by atoms with Crippen molar-refractivity contribution >= 4 is 22.6 Å². The molecule has 2 aromatic heterocycles. The number of carbonyl (C=O) groups is 1. The van der Waals surface area contributed by atoms with E-state index in [1.54, 1.807) is 6.26 Å². The fourth-order valence-corrected chi connectivity index (χ4v) is 5.35. The third kappa shape index (κ3) is 4.69. The molecule has 0 spiro atoms. The topological polar surface area (TPSA) is 58.8 Å². The SMILES string of the molecule is CCC(CC)C(=O)N(Cc1ccco1)Cc1cc2cc3c(cc2nc1N1CCOCC1)CCC3. The first-order chi connectivity index (χ1) is 16.7. The third-order valence-corrected chi connectivity index (χ3v) is 7.33. The molecule has 0 bridgehead atoms. The van der Waals surface area contributed by atoms with Gasteiger partial charge in [-0.2, -0.15) is 0 Å². The number of amides is 1. The molecule has 0 N–H and O–H groups in total. The van der Waals surface area contributed by atoms with Crippen LogP contribution in [0.4, 0.5) is 5.82 Å². The molecule has 6 heteroatoms. The molecule has 34 heavy (non-hydrogen) atoms. The van der Waals surface area contributed by atoms with E-state index in [1.165, 1.54) is 22.9 Å². The largest absolute Gasteiger partial charge is 0.467 e. The maximum absolute atomic E-state index is 13.6. The van der Waals surface area contributed by atoms with Gasteiger partial charge in [-0.1, -0.05) is 13.8 Å². The van der Waals surface area contributed by atoms with E-state index in [-0.39, 0.29) is 11.8 Å². The number of carbonyl (C=O) groups excluding carboxylic acids is 1. The summed E-state index contributed by atoms with van der Waals surface area (Å²) in [5, 5.41) is 1.17. The molecule has 0 atom stereocenters. The summed E-state index contributed by atoms with van der Waals surface area (Å²) < 4.78 is 11.2. The van der Waals surface area contributed by atoms with Gasteiger partial charge < -0.3 is 19.0 Å². The number of aryl methyl sites for hydroxylation is 2. The van der Waals surface area contributed by atoms with Crippen molar-refractivity contribution in [2.24, 2.45) is 5.92 Å². The van der Waals surface area contributed by atoms with Crippen molar-refractivity contribution < 1.29 is 13.9 Å². The quantitative estimate of drug-likeness (QED) is 0.466. The Labute approximate surface area is 201 Å². The number of rotatable bonds is 8. The van der Waals surface area contributed by atoms with Crippen molar-refractivity contribution in [2.45, 2.75) is 59.0 Å². The molecule has 6 nitrogen and oxygen atoms in total. The summed E-state index contributed by atoms with van der Waals surface area (Å²) in [4.78, 5) is 23.0. The van der Waals surface area contributed by atoms with E-state index >= 15 is 0 Å². The zero-order valence-corrected chi connectivity index (χ0v) is 20.4. The van der Waals surface area contributed by atoms with Crippen molar-refractivity contribution in [3.8, 4) is 0 Å². The van der Waals surface area contributed by atoms with E-state index in [0.717, 1.165) is 61.4 Å². The maximum atomic E-state index is 13.6. The Morgan fingerprint density at radius 3 is 2.56 bits per heavy atom. The highest BCUT2D eigenvalue weighted by atomic mass is 16.5. The summed E-state index contributed by atoms with van der Waals surface area (Å²) in [5.74, 6) is 1.98. The first kappa shape index (κ1) is 22.9. The van der Waals surface area contributed by atoms with Crippen LogP contribution < -0.4 is 4.90 Å². The standard InChI is InChI=1S/C28H35N3O3/c1-3-20(4-2)28(32)31(19-25-9-6-12-34-25)18-24-16-23-15-21-7-5-8-22(21)17-26(23)29-27(24)30-10-13-33-14-11-30/h6,9,12,15-17,20H,3-5,7-8,10-11,13-14,18-19H2,1-2H3. The molecule has 5 rings (SSSR count). The van der Waals surface area contributed by atoms with E-state index in [9.17, 15) is 4.79 Å². The van der Waals surface area contributed by atoms with Gasteiger partial charge >= 0.3 is 0 Å². The zero-order valence-electron chi connectivity index (χ0n) is 20.4. The Morgan fingerprint density at radius 2 is 1.85 bits per heavy atom. The molecule has 2 aliphatic rings. The lowest BCUT2D eigenvalue weighted by Crippen LogP contribution is -2.39. The smallest absolute Gasteiger partial charge is 0.226 e. The van der Waals surface area contributed by atoms with Crippen LogP contribution in [0.2, 0.25) is 0 Å². The number of benzene rings is 1. The predicted molar refractivity (Wildman–Crippen MR) is 134 cm³/mol. The van der Waals surface area contributed by atoms with Crippen molar-refractivity contribution in [1.82, 2.24) is 9.88 Å². The molecule has 180 valence electrons. The van der Waals surface area contributed by atoms with Gasteiger partial charge in [0, 0.05) is 36.5 Å². The summed E-state index contributed by atoms with van der Waals surface area (Å²) in [6, 6.07) is 10.7. The van der Waals surface area contributed by atoms with Gasteiger partial charge in [0.2, 0.25) is 5.91 Å². The summed E-state index contributed by atoms with van der Waals surface area (Å²) >= 11 is 0. The lowest BCUT2D eigenvalue weighted by atomic mass is 10.0. The molecule has 0 unspecified atom stereocenters. The Balaban J connectivity index is 1.55. The van der Waals surface area contributed by atoms with E-state index in [4.69, 9.17) is 14.1 Å². The zero-order chi connectivity index (χ0) is 23.5. The molecular formula is C28H35N3O3. The van der Waals surface area contributed by atoms with Crippen LogP contribution in [0.15, 0.2) is 41.0 Å². The van der Waals surface area contributed by atoms with Crippen molar-refractivity contribution in [2.75, 3.05) is 31.2 Å². The average Bonchev–Trinajstić information content (AvgIpc) is 3.55. The van der Waals surface area contributed by atoms with Gasteiger partial charge in [0.1, 0.15) is 11.6 Å². The molecule has 1 amide bonds. The Morgan fingerprint density at radius 1 is 1.09 bits per heavy atom. The van der Waals surface area contributed by atoms with E-state index < -0.39 is 0 Å². The number of ether oxygens (including phenoxy) is 1.